The van der Waals surface area contributed by atoms with Gasteiger partial charge in [0.2, 0.25) is 5.95 Å². The van der Waals surface area contributed by atoms with Crippen molar-refractivity contribution in [2.24, 2.45) is 5.92 Å². The van der Waals surface area contributed by atoms with Gasteiger partial charge in [0, 0.05) is 32.0 Å². The number of piperidine rings is 1. The molecule has 2 saturated heterocycles. The van der Waals surface area contributed by atoms with Gasteiger partial charge in [0.25, 0.3) is 11.1 Å². The quantitative estimate of drug-likeness (QED) is 0.392. The van der Waals surface area contributed by atoms with Gasteiger partial charge in [-0.1, -0.05) is 0 Å². The van der Waals surface area contributed by atoms with Crippen molar-refractivity contribution in [1.82, 2.24) is 25.6 Å². The van der Waals surface area contributed by atoms with E-state index in [1.807, 2.05) is 12.1 Å². The fourth-order valence-electron chi connectivity index (χ4n) is 4.25. The van der Waals surface area contributed by atoms with Gasteiger partial charge in [-0.25, -0.2) is 9.97 Å². The summed E-state index contributed by atoms with van der Waals surface area (Å²) in [6.07, 6.45) is 2.41. The first kappa shape index (κ1) is 26.3. The highest BCUT2D eigenvalue weighted by Gasteiger charge is 2.32. The van der Waals surface area contributed by atoms with Crippen molar-refractivity contribution < 1.29 is 22.8 Å². The molecule has 2 aliphatic heterocycles. The molecular weight excluding hydrogens is 537 g/mol. The average Bonchev–Trinajstić information content (AvgIpc) is 3.52. The summed E-state index contributed by atoms with van der Waals surface area (Å²) in [5.74, 6) is 0.639. The number of imide groups is 1. The molecule has 2 fully saturated rings. The maximum absolute atomic E-state index is 12.9. The molecule has 0 unspecified atom stereocenters. The summed E-state index contributed by atoms with van der Waals surface area (Å²) in [6, 6.07) is 7.93. The molecule has 8 nitrogen and oxygen atoms in total. The lowest BCUT2D eigenvalue weighted by Gasteiger charge is -2.32. The number of hydrogen-bond donors (Lipinski definition) is 2. The summed E-state index contributed by atoms with van der Waals surface area (Å²) in [6.45, 7) is 3.00. The summed E-state index contributed by atoms with van der Waals surface area (Å²) in [5.41, 5.74) is 2.07. The van der Waals surface area contributed by atoms with E-state index in [-0.39, 0.29) is 0 Å². The molecule has 0 aliphatic carbocycles. The van der Waals surface area contributed by atoms with Crippen LogP contribution in [0.25, 0.3) is 16.6 Å². The first-order valence-corrected chi connectivity index (χ1v) is 13.5. The summed E-state index contributed by atoms with van der Waals surface area (Å²) in [4.78, 5) is 38.6. The van der Waals surface area contributed by atoms with Crippen molar-refractivity contribution in [2.75, 3.05) is 24.5 Å². The molecule has 3 aromatic rings. The number of pyridine rings is 1. The van der Waals surface area contributed by atoms with Gasteiger partial charge in [-0.3, -0.25) is 19.9 Å². The van der Waals surface area contributed by atoms with E-state index >= 15 is 0 Å². The number of carbonyl (C=O) groups is 2. The van der Waals surface area contributed by atoms with Crippen LogP contribution in [0.4, 0.5) is 23.9 Å². The van der Waals surface area contributed by atoms with Gasteiger partial charge in [0.05, 0.1) is 21.2 Å². The summed E-state index contributed by atoms with van der Waals surface area (Å²) < 4.78 is 38.8. The third-order valence-corrected chi connectivity index (χ3v) is 8.17. The first-order chi connectivity index (χ1) is 18.2. The van der Waals surface area contributed by atoms with E-state index in [1.54, 1.807) is 24.5 Å². The number of rotatable bonds is 7. The zero-order valence-corrected chi connectivity index (χ0v) is 21.6. The van der Waals surface area contributed by atoms with Gasteiger partial charge >= 0.3 is 6.18 Å². The lowest BCUT2D eigenvalue weighted by molar-refractivity contribution is -0.134. The number of halogens is 3. The van der Waals surface area contributed by atoms with Gasteiger partial charge in [0.1, 0.15) is 4.88 Å². The molecule has 0 saturated carbocycles. The molecule has 5 rings (SSSR count). The molecular formula is C25H23F3N6O2S2. The number of hydrogen-bond acceptors (Lipinski definition) is 9. The Labute approximate surface area is 224 Å². The largest absolute Gasteiger partial charge is 0.425 e. The van der Waals surface area contributed by atoms with E-state index in [2.05, 4.69) is 30.5 Å². The molecule has 3 aromatic heterocycles. The van der Waals surface area contributed by atoms with E-state index < -0.39 is 22.2 Å². The van der Waals surface area contributed by atoms with Crippen LogP contribution >= 0.6 is 23.1 Å². The van der Waals surface area contributed by atoms with Crippen LogP contribution in [0, 0.1) is 5.92 Å². The number of nitrogens with one attached hydrogen (secondary N) is 2. The number of nitrogens with zero attached hydrogens (tertiary/aromatic N) is 4. The van der Waals surface area contributed by atoms with E-state index in [1.165, 1.54) is 6.07 Å². The molecule has 2 aliphatic rings. The molecule has 0 bridgehead atoms. The van der Waals surface area contributed by atoms with Crippen LogP contribution < -0.4 is 15.5 Å². The van der Waals surface area contributed by atoms with Gasteiger partial charge < -0.3 is 10.2 Å². The van der Waals surface area contributed by atoms with Crippen molar-refractivity contribution in [2.45, 2.75) is 25.6 Å². The number of anilines is 1. The SMILES string of the molecule is O=C1NC(=O)C(=Cc2ccnc(N3CCC(CNCc4ccnc(-c5ccc(C(F)(F)F)s5)c4)CC3)n2)S1. The normalized spacial score (nSPS) is 17.9. The number of carbonyl (C=O) groups excluding carboxylic acids is 2. The molecule has 2 N–H and O–H groups in total. The Hall–Kier alpha value is -3.29. The third-order valence-electron chi connectivity index (χ3n) is 6.21. The zero-order chi connectivity index (χ0) is 26.7. The highest BCUT2D eigenvalue weighted by atomic mass is 32.2. The van der Waals surface area contributed by atoms with Gasteiger partial charge in [-0.05, 0) is 79.0 Å². The Kier molecular flexibility index (Phi) is 7.77. The molecule has 0 aromatic carbocycles. The summed E-state index contributed by atoms with van der Waals surface area (Å²) in [5, 5.41) is 5.30. The Morgan fingerprint density at radius 3 is 2.61 bits per heavy atom. The van der Waals surface area contributed by atoms with E-state index in [0.29, 0.717) is 50.9 Å². The third kappa shape index (κ3) is 6.40. The maximum Gasteiger partial charge on any atom is 0.425 e. The Balaban J connectivity index is 1.11. The van der Waals surface area contributed by atoms with E-state index in [4.69, 9.17) is 0 Å². The topological polar surface area (TPSA) is 100 Å². The maximum atomic E-state index is 12.9. The van der Waals surface area contributed by atoms with Crippen LogP contribution in [0.15, 0.2) is 47.6 Å². The van der Waals surface area contributed by atoms with Gasteiger partial charge in [-0.15, -0.1) is 11.3 Å². The second-order valence-electron chi connectivity index (χ2n) is 8.91. The van der Waals surface area contributed by atoms with Crippen molar-refractivity contribution in [3.05, 3.63) is 63.8 Å². The lowest BCUT2D eigenvalue weighted by Crippen LogP contribution is -2.38. The summed E-state index contributed by atoms with van der Waals surface area (Å²) >= 11 is 1.55. The summed E-state index contributed by atoms with van der Waals surface area (Å²) in [7, 11) is 0. The number of thiophene rings is 1. The van der Waals surface area contributed by atoms with Crippen molar-refractivity contribution in [3.8, 4) is 10.6 Å². The standard InChI is InChI=1S/C25H23F3N6O2S2/c26-25(27,28)21-2-1-19(37-21)18-11-16(3-7-30-18)14-29-13-15-5-9-34(10-6-15)23-31-8-4-17(32-23)12-20-22(35)33-24(36)38-20/h1-4,7-8,11-12,15,29H,5-6,9-10,13-14H2,(H,33,35,36). The number of thioether (sulfide) groups is 1. The molecule has 2 amide bonds. The average molecular weight is 561 g/mol. The fourth-order valence-corrected chi connectivity index (χ4v) is 5.76. The van der Waals surface area contributed by atoms with Crippen LogP contribution in [0.3, 0.4) is 0 Å². The second kappa shape index (κ2) is 11.2. The van der Waals surface area contributed by atoms with Gasteiger partial charge in [-0.2, -0.15) is 13.2 Å². The van der Waals surface area contributed by atoms with Crippen LogP contribution in [-0.2, 0) is 17.5 Å². The molecule has 198 valence electrons. The van der Waals surface area contributed by atoms with Crippen molar-refractivity contribution in [3.63, 3.8) is 0 Å². The van der Waals surface area contributed by atoms with Crippen LogP contribution in [-0.4, -0.2) is 45.7 Å². The number of alkyl halides is 3. The molecule has 0 spiro atoms. The monoisotopic (exact) mass is 560 g/mol. The highest BCUT2D eigenvalue weighted by Crippen LogP contribution is 2.38. The minimum absolute atomic E-state index is 0.312. The molecule has 38 heavy (non-hydrogen) atoms. The number of amides is 2. The second-order valence-corrected chi connectivity index (χ2v) is 11.0. The Morgan fingerprint density at radius 1 is 1.11 bits per heavy atom. The predicted octanol–water partition coefficient (Wildman–Crippen LogP) is 4.95. The number of aromatic nitrogens is 3. The smallest absolute Gasteiger partial charge is 0.341 e. The molecule has 5 heterocycles. The molecule has 0 atom stereocenters. The minimum Gasteiger partial charge on any atom is -0.341 e. The fraction of sp³-hybridized carbons (Fsp3) is 0.320. The predicted molar refractivity (Wildman–Crippen MR) is 140 cm³/mol. The Morgan fingerprint density at radius 2 is 1.89 bits per heavy atom. The van der Waals surface area contributed by atoms with Crippen LogP contribution in [0.1, 0.15) is 29.0 Å². The van der Waals surface area contributed by atoms with Gasteiger partial charge in [0.15, 0.2) is 0 Å². The highest BCUT2D eigenvalue weighted by molar-refractivity contribution is 8.18. The molecule has 13 heteroatoms. The minimum atomic E-state index is -4.35. The van der Waals surface area contributed by atoms with Crippen LogP contribution in [0.5, 0.6) is 0 Å². The molecule has 0 radical (unpaired) electrons. The first-order valence-electron chi connectivity index (χ1n) is 11.9. The van der Waals surface area contributed by atoms with Crippen molar-refractivity contribution in [1.29, 1.82) is 0 Å². The Bertz CT molecular complexity index is 1370. The van der Waals surface area contributed by atoms with E-state index in [9.17, 15) is 22.8 Å². The lowest BCUT2D eigenvalue weighted by atomic mass is 9.97. The zero-order valence-electron chi connectivity index (χ0n) is 20.0. The van der Waals surface area contributed by atoms with Crippen molar-refractivity contribution >= 4 is 46.3 Å². The van der Waals surface area contributed by atoms with Crippen LogP contribution in [0.2, 0.25) is 0 Å². The van der Waals surface area contributed by atoms with E-state index in [0.717, 1.165) is 55.9 Å².